The highest BCUT2D eigenvalue weighted by Crippen LogP contribution is 2.53. The zero-order chi connectivity index (χ0) is 7.31. The molecule has 3 fully saturated rings. The van der Waals surface area contributed by atoms with Gasteiger partial charge in [0.25, 0.3) is 0 Å². The van der Waals surface area contributed by atoms with Gasteiger partial charge in [-0.2, -0.15) is 0 Å². The molecule has 11 heavy (non-hydrogen) atoms. The average molecular weight is 152 g/mol. The summed E-state index contributed by atoms with van der Waals surface area (Å²) in [6.45, 7) is 0. The van der Waals surface area contributed by atoms with E-state index in [9.17, 15) is 0 Å². The molecule has 1 nitrogen and oxygen atoms in total. The van der Waals surface area contributed by atoms with Gasteiger partial charge in [0.2, 0.25) is 0 Å². The lowest BCUT2D eigenvalue weighted by molar-refractivity contribution is -0.0833. The van der Waals surface area contributed by atoms with Gasteiger partial charge in [-0.05, 0) is 44.4 Å². The molecule has 0 aromatic heterocycles. The smallest absolute Gasteiger partial charge is 0.0715 e. The van der Waals surface area contributed by atoms with Crippen molar-refractivity contribution < 1.29 is 4.74 Å². The molecule has 3 rings (SSSR count). The standard InChI is InChI=1S/C10H16O/c1-3-8-7-9-4-2-6-10(8,5-1)11-9/h8-9H,1-7H2. The summed E-state index contributed by atoms with van der Waals surface area (Å²) in [6.07, 6.45) is 10.4. The third-order valence-corrected chi connectivity index (χ3v) is 3.97. The molecular formula is C10H16O. The van der Waals surface area contributed by atoms with Crippen LogP contribution in [0.4, 0.5) is 0 Å². The van der Waals surface area contributed by atoms with Crippen LogP contribution in [0.25, 0.3) is 0 Å². The van der Waals surface area contributed by atoms with E-state index >= 15 is 0 Å². The number of rotatable bonds is 0. The van der Waals surface area contributed by atoms with Crippen LogP contribution in [-0.4, -0.2) is 11.7 Å². The quantitative estimate of drug-likeness (QED) is 0.518. The molecule has 1 heteroatoms. The molecule has 1 aliphatic carbocycles. The molecule has 3 aliphatic rings. The van der Waals surface area contributed by atoms with Crippen molar-refractivity contribution in [2.75, 3.05) is 0 Å². The van der Waals surface area contributed by atoms with Gasteiger partial charge < -0.3 is 4.74 Å². The van der Waals surface area contributed by atoms with Crippen LogP contribution in [0, 0.1) is 5.92 Å². The van der Waals surface area contributed by atoms with E-state index in [1.807, 2.05) is 0 Å². The molecule has 62 valence electrons. The topological polar surface area (TPSA) is 9.23 Å². The molecule has 3 atom stereocenters. The molecule has 1 spiro atoms. The van der Waals surface area contributed by atoms with Gasteiger partial charge in [0.15, 0.2) is 0 Å². The highest BCUT2D eigenvalue weighted by molar-refractivity contribution is 5.02. The summed E-state index contributed by atoms with van der Waals surface area (Å²) in [6, 6.07) is 0. The van der Waals surface area contributed by atoms with E-state index < -0.39 is 0 Å². The van der Waals surface area contributed by atoms with Crippen molar-refractivity contribution in [3.8, 4) is 0 Å². The van der Waals surface area contributed by atoms with Crippen molar-refractivity contribution in [2.24, 2.45) is 5.92 Å². The van der Waals surface area contributed by atoms with E-state index in [0.717, 1.165) is 5.92 Å². The van der Waals surface area contributed by atoms with Gasteiger partial charge in [0.1, 0.15) is 0 Å². The Morgan fingerprint density at radius 2 is 1.91 bits per heavy atom. The van der Waals surface area contributed by atoms with Gasteiger partial charge in [0, 0.05) is 0 Å². The van der Waals surface area contributed by atoms with Crippen LogP contribution < -0.4 is 0 Å². The molecular weight excluding hydrogens is 136 g/mol. The first kappa shape index (κ1) is 6.47. The molecule has 0 aromatic carbocycles. The van der Waals surface area contributed by atoms with Gasteiger partial charge in [-0.25, -0.2) is 0 Å². The van der Waals surface area contributed by atoms with Gasteiger partial charge in [-0.15, -0.1) is 0 Å². The van der Waals surface area contributed by atoms with Gasteiger partial charge in [-0.3, -0.25) is 0 Å². The molecule has 0 amide bonds. The summed E-state index contributed by atoms with van der Waals surface area (Å²) in [5.41, 5.74) is 0.406. The molecule has 0 radical (unpaired) electrons. The Kier molecular flexibility index (Phi) is 1.18. The van der Waals surface area contributed by atoms with Gasteiger partial charge in [-0.1, -0.05) is 6.42 Å². The molecule has 3 unspecified atom stereocenters. The average Bonchev–Trinajstić information content (AvgIpc) is 2.43. The summed E-state index contributed by atoms with van der Waals surface area (Å²) >= 11 is 0. The minimum atomic E-state index is 0.406. The first-order valence-electron chi connectivity index (χ1n) is 5.07. The second kappa shape index (κ2) is 2.01. The lowest BCUT2D eigenvalue weighted by atomic mass is 9.88. The summed E-state index contributed by atoms with van der Waals surface area (Å²) in [5.74, 6) is 0.954. The maximum absolute atomic E-state index is 6.11. The predicted octanol–water partition coefficient (Wildman–Crippen LogP) is 2.50. The maximum atomic E-state index is 6.11. The predicted molar refractivity (Wildman–Crippen MR) is 43.4 cm³/mol. The maximum Gasteiger partial charge on any atom is 0.0715 e. The fourth-order valence-corrected chi connectivity index (χ4v) is 3.49. The van der Waals surface area contributed by atoms with Crippen molar-refractivity contribution in [2.45, 2.75) is 56.7 Å². The lowest BCUT2D eigenvalue weighted by Gasteiger charge is -2.32. The van der Waals surface area contributed by atoms with Crippen LogP contribution in [0.2, 0.25) is 0 Å². The van der Waals surface area contributed by atoms with Crippen LogP contribution in [0.1, 0.15) is 44.9 Å². The van der Waals surface area contributed by atoms with Crippen molar-refractivity contribution >= 4 is 0 Å². The Morgan fingerprint density at radius 1 is 1.09 bits per heavy atom. The van der Waals surface area contributed by atoms with E-state index in [1.165, 1.54) is 44.9 Å². The van der Waals surface area contributed by atoms with Crippen LogP contribution >= 0.6 is 0 Å². The lowest BCUT2D eigenvalue weighted by Crippen LogP contribution is -2.33. The monoisotopic (exact) mass is 152 g/mol. The van der Waals surface area contributed by atoms with E-state index in [1.54, 1.807) is 0 Å². The second-order valence-electron chi connectivity index (χ2n) is 4.52. The third kappa shape index (κ3) is 0.752. The van der Waals surface area contributed by atoms with E-state index in [4.69, 9.17) is 4.74 Å². The zero-order valence-electron chi connectivity index (χ0n) is 7.01. The highest BCUT2D eigenvalue weighted by Gasteiger charge is 2.52. The highest BCUT2D eigenvalue weighted by atomic mass is 16.5. The van der Waals surface area contributed by atoms with Gasteiger partial charge in [0.05, 0.1) is 11.7 Å². The fraction of sp³-hybridized carbons (Fsp3) is 1.00. The van der Waals surface area contributed by atoms with Crippen LogP contribution in [0.15, 0.2) is 0 Å². The van der Waals surface area contributed by atoms with Crippen molar-refractivity contribution in [1.82, 2.24) is 0 Å². The number of ether oxygens (including phenoxy) is 1. The summed E-state index contributed by atoms with van der Waals surface area (Å²) in [4.78, 5) is 0. The Hall–Kier alpha value is -0.0400. The van der Waals surface area contributed by atoms with E-state index in [0.29, 0.717) is 11.7 Å². The molecule has 0 aromatic rings. The third-order valence-electron chi connectivity index (χ3n) is 3.97. The van der Waals surface area contributed by atoms with Crippen molar-refractivity contribution in [3.05, 3.63) is 0 Å². The second-order valence-corrected chi connectivity index (χ2v) is 4.52. The largest absolute Gasteiger partial charge is 0.371 e. The molecule has 2 bridgehead atoms. The van der Waals surface area contributed by atoms with E-state index in [2.05, 4.69) is 0 Å². The van der Waals surface area contributed by atoms with Crippen LogP contribution in [0.3, 0.4) is 0 Å². The van der Waals surface area contributed by atoms with Gasteiger partial charge >= 0.3 is 0 Å². The normalized spacial score (nSPS) is 54.5. The van der Waals surface area contributed by atoms with Crippen molar-refractivity contribution in [1.29, 1.82) is 0 Å². The fourth-order valence-electron chi connectivity index (χ4n) is 3.49. The Morgan fingerprint density at radius 3 is 2.82 bits per heavy atom. The van der Waals surface area contributed by atoms with Crippen molar-refractivity contribution in [3.63, 3.8) is 0 Å². The molecule has 0 N–H and O–H groups in total. The number of hydrogen-bond acceptors (Lipinski definition) is 1. The summed E-state index contributed by atoms with van der Waals surface area (Å²) in [7, 11) is 0. The first-order chi connectivity index (χ1) is 5.39. The molecule has 2 heterocycles. The first-order valence-corrected chi connectivity index (χ1v) is 5.07. The molecule has 2 aliphatic heterocycles. The Labute approximate surface area is 68.1 Å². The Bertz CT molecular complexity index is 178. The minimum absolute atomic E-state index is 0.406. The SMILES string of the molecule is C1CC2CC3CCCC3(C1)O2. The number of fused-ring (bicyclic) bond motifs is 1. The number of hydrogen-bond donors (Lipinski definition) is 0. The Balaban J connectivity index is 1.94. The van der Waals surface area contributed by atoms with E-state index in [-0.39, 0.29) is 0 Å². The molecule has 2 saturated heterocycles. The van der Waals surface area contributed by atoms with Crippen LogP contribution in [0.5, 0.6) is 0 Å². The minimum Gasteiger partial charge on any atom is -0.371 e. The summed E-state index contributed by atoms with van der Waals surface area (Å²) < 4.78 is 6.11. The molecule has 1 saturated carbocycles. The summed E-state index contributed by atoms with van der Waals surface area (Å²) in [5, 5.41) is 0. The van der Waals surface area contributed by atoms with Crippen LogP contribution in [-0.2, 0) is 4.74 Å². The zero-order valence-corrected chi connectivity index (χ0v) is 7.01.